The van der Waals surface area contributed by atoms with Crippen molar-refractivity contribution in [2.24, 2.45) is 5.92 Å². The zero-order valence-electron chi connectivity index (χ0n) is 23.1. The van der Waals surface area contributed by atoms with Crippen LogP contribution >= 0.6 is 11.3 Å². The molecule has 216 valence electrons. The molecule has 1 saturated heterocycles. The lowest BCUT2D eigenvalue weighted by Crippen LogP contribution is -2.49. The number of sulfonamides is 1. The summed E-state index contributed by atoms with van der Waals surface area (Å²) in [6.07, 6.45) is 0.960. The fourth-order valence-corrected chi connectivity index (χ4v) is 6.89. The summed E-state index contributed by atoms with van der Waals surface area (Å²) < 4.78 is 46.4. The number of hydrogen-bond donors (Lipinski definition) is 3. The maximum Gasteiger partial charge on any atom is 0.411 e. The Morgan fingerprint density at radius 2 is 1.82 bits per heavy atom. The van der Waals surface area contributed by atoms with Crippen LogP contribution in [0.25, 0.3) is 10.4 Å². The first-order chi connectivity index (χ1) is 18.2. The van der Waals surface area contributed by atoms with Gasteiger partial charge in [0.2, 0.25) is 10.0 Å². The number of alkyl carbamates (subject to hydrolysis) is 1. The van der Waals surface area contributed by atoms with E-state index < -0.39 is 27.7 Å². The Morgan fingerprint density at radius 1 is 1.13 bits per heavy atom. The van der Waals surface area contributed by atoms with Gasteiger partial charge in [0.05, 0.1) is 40.1 Å². The van der Waals surface area contributed by atoms with Crippen molar-refractivity contribution in [3.8, 4) is 10.4 Å². The number of anilines is 1. The number of thiazole rings is 1. The molecule has 2 aromatic rings. The smallest absolute Gasteiger partial charge is 0.411 e. The predicted octanol–water partition coefficient (Wildman–Crippen LogP) is 4.75. The molecule has 1 aliphatic heterocycles. The summed E-state index contributed by atoms with van der Waals surface area (Å²) in [6.45, 7) is 11.4. The molecule has 2 heterocycles. The number of aromatic nitrogens is 1. The molecule has 0 bridgehead atoms. The number of nitrogens with zero attached hydrogens (tertiary/aromatic N) is 1. The van der Waals surface area contributed by atoms with E-state index in [1.807, 2.05) is 13.8 Å². The van der Waals surface area contributed by atoms with Crippen molar-refractivity contribution in [3.63, 3.8) is 0 Å². The van der Waals surface area contributed by atoms with E-state index in [1.165, 1.54) is 17.4 Å². The number of nitrogens with one attached hydrogen (secondary N) is 3. The molecule has 39 heavy (non-hydrogen) atoms. The van der Waals surface area contributed by atoms with Gasteiger partial charge >= 0.3 is 12.2 Å². The topological polar surface area (TPSA) is 145 Å². The van der Waals surface area contributed by atoms with Crippen LogP contribution in [0.5, 0.6) is 0 Å². The van der Waals surface area contributed by atoms with E-state index in [1.54, 1.807) is 51.5 Å². The first-order valence-electron chi connectivity index (χ1n) is 12.8. The standard InChI is InChI=1S/C26H38N4O7S2/c1-16(2)36-24(31)28-19-7-8-21(22-12-27-15-38-22)23(10-19)39(33,34)30-26(5,6)11-18-9-20(14-35-13-18)29-25(32)37-17(3)4/h7-8,10,12,15-18,20,30H,9,11,13-14H2,1-6H3,(H,28,31)(H,29,32)/t18?,20-/m0/s1. The lowest BCUT2D eigenvalue weighted by Gasteiger charge is -2.35. The van der Waals surface area contributed by atoms with E-state index in [0.29, 0.717) is 36.5 Å². The van der Waals surface area contributed by atoms with Gasteiger partial charge in [-0.3, -0.25) is 10.3 Å². The van der Waals surface area contributed by atoms with Gasteiger partial charge in [-0.15, -0.1) is 11.3 Å². The molecule has 1 fully saturated rings. The fourth-order valence-electron chi connectivity index (χ4n) is 4.49. The van der Waals surface area contributed by atoms with Crippen molar-refractivity contribution in [1.82, 2.24) is 15.0 Å². The van der Waals surface area contributed by atoms with Crippen LogP contribution in [0.1, 0.15) is 54.4 Å². The van der Waals surface area contributed by atoms with Crippen LogP contribution in [0.15, 0.2) is 34.8 Å². The molecule has 3 N–H and O–H groups in total. The summed E-state index contributed by atoms with van der Waals surface area (Å²) >= 11 is 1.31. The van der Waals surface area contributed by atoms with Gasteiger partial charge in [0.1, 0.15) is 0 Å². The average Bonchev–Trinajstić information content (AvgIpc) is 3.31. The van der Waals surface area contributed by atoms with E-state index >= 15 is 0 Å². The minimum absolute atomic E-state index is 0.000529. The Hall–Kier alpha value is -2.74. The minimum Gasteiger partial charge on any atom is -0.447 e. The molecule has 0 spiro atoms. The third-order valence-electron chi connectivity index (χ3n) is 5.72. The molecular weight excluding hydrogens is 544 g/mol. The molecule has 2 atom stereocenters. The van der Waals surface area contributed by atoms with Crippen molar-refractivity contribution in [2.45, 2.75) is 83.1 Å². The number of amides is 2. The van der Waals surface area contributed by atoms with Gasteiger partial charge in [-0.1, -0.05) is 6.07 Å². The van der Waals surface area contributed by atoms with Crippen molar-refractivity contribution in [1.29, 1.82) is 0 Å². The molecule has 0 saturated carbocycles. The molecule has 1 aromatic heterocycles. The summed E-state index contributed by atoms with van der Waals surface area (Å²) in [5.41, 5.74) is 1.53. The zero-order valence-corrected chi connectivity index (χ0v) is 24.8. The summed E-state index contributed by atoms with van der Waals surface area (Å²) in [7, 11) is -4.05. The van der Waals surface area contributed by atoms with E-state index in [2.05, 4.69) is 20.3 Å². The first kappa shape index (κ1) is 30.8. The second-order valence-electron chi connectivity index (χ2n) is 10.8. The van der Waals surface area contributed by atoms with E-state index in [4.69, 9.17) is 14.2 Å². The van der Waals surface area contributed by atoms with E-state index in [0.717, 1.165) is 0 Å². The van der Waals surface area contributed by atoms with Gasteiger partial charge < -0.3 is 19.5 Å². The molecule has 1 aliphatic rings. The molecule has 0 radical (unpaired) electrons. The van der Waals surface area contributed by atoms with Gasteiger partial charge in [0.15, 0.2) is 0 Å². The van der Waals surface area contributed by atoms with Crippen LogP contribution < -0.4 is 15.4 Å². The molecule has 3 rings (SSSR count). The third kappa shape index (κ3) is 9.45. The number of carbonyl (C=O) groups excluding carboxylic acids is 2. The quantitative estimate of drug-likeness (QED) is 0.364. The highest BCUT2D eigenvalue weighted by Crippen LogP contribution is 2.34. The van der Waals surface area contributed by atoms with Crippen LogP contribution in [0.2, 0.25) is 0 Å². The summed E-state index contributed by atoms with van der Waals surface area (Å²) in [6, 6.07) is 4.45. The normalized spacial score (nSPS) is 18.2. The van der Waals surface area contributed by atoms with Crippen molar-refractivity contribution in [2.75, 3.05) is 18.5 Å². The Labute approximate surface area is 234 Å². The first-order valence-corrected chi connectivity index (χ1v) is 15.2. The zero-order chi connectivity index (χ0) is 28.8. The second-order valence-corrected chi connectivity index (χ2v) is 13.3. The van der Waals surface area contributed by atoms with E-state index in [9.17, 15) is 18.0 Å². The Morgan fingerprint density at radius 3 is 2.46 bits per heavy atom. The molecule has 1 aromatic carbocycles. The number of benzene rings is 1. The van der Waals surface area contributed by atoms with Gasteiger partial charge in [-0.05, 0) is 72.4 Å². The molecule has 1 unspecified atom stereocenters. The highest BCUT2D eigenvalue weighted by Gasteiger charge is 2.34. The highest BCUT2D eigenvalue weighted by molar-refractivity contribution is 7.89. The maximum absolute atomic E-state index is 13.8. The Balaban J connectivity index is 1.77. The monoisotopic (exact) mass is 582 g/mol. The molecular formula is C26H38N4O7S2. The van der Waals surface area contributed by atoms with Crippen LogP contribution in [-0.4, -0.2) is 62.6 Å². The SMILES string of the molecule is CC(C)OC(=O)Nc1ccc(-c2cncs2)c(S(=O)(=O)NC(C)(C)CC2COC[C@@H](NC(=O)OC(C)C)C2)c1. The number of carbonyl (C=O) groups is 2. The molecule has 13 heteroatoms. The predicted molar refractivity (Wildman–Crippen MR) is 149 cm³/mol. The van der Waals surface area contributed by atoms with Crippen LogP contribution in [0, 0.1) is 5.92 Å². The van der Waals surface area contributed by atoms with Gasteiger partial charge in [0.25, 0.3) is 0 Å². The Kier molecular flexibility index (Phi) is 10.3. The third-order valence-corrected chi connectivity index (χ3v) is 8.27. The summed E-state index contributed by atoms with van der Waals surface area (Å²) in [5.74, 6) is 0.000529. The number of ether oxygens (including phenoxy) is 3. The summed E-state index contributed by atoms with van der Waals surface area (Å²) in [4.78, 5) is 28.9. The van der Waals surface area contributed by atoms with Crippen molar-refractivity contribution in [3.05, 3.63) is 29.9 Å². The molecule has 2 amide bonds. The van der Waals surface area contributed by atoms with Crippen LogP contribution in [-0.2, 0) is 24.2 Å². The second kappa shape index (κ2) is 13.1. The van der Waals surface area contributed by atoms with E-state index in [-0.39, 0.29) is 34.8 Å². The molecule has 0 aliphatic carbocycles. The largest absolute Gasteiger partial charge is 0.447 e. The molecule has 11 nitrogen and oxygen atoms in total. The van der Waals surface area contributed by atoms with Gasteiger partial charge in [0, 0.05) is 29.6 Å². The van der Waals surface area contributed by atoms with Crippen molar-refractivity contribution >= 4 is 39.2 Å². The fraction of sp³-hybridized carbons (Fsp3) is 0.577. The number of hydrogen-bond acceptors (Lipinski definition) is 9. The van der Waals surface area contributed by atoms with Crippen LogP contribution in [0.3, 0.4) is 0 Å². The maximum atomic E-state index is 13.8. The highest BCUT2D eigenvalue weighted by atomic mass is 32.2. The Bertz CT molecular complexity index is 1230. The van der Waals surface area contributed by atoms with Gasteiger partial charge in [-0.2, -0.15) is 0 Å². The lowest BCUT2D eigenvalue weighted by atomic mass is 9.86. The average molecular weight is 583 g/mol. The summed E-state index contributed by atoms with van der Waals surface area (Å²) in [5, 5.41) is 5.41. The minimum atomic E-state index is -4.05. The number of rotatable bonds is 10. The van der Waals surface area contributed by atoms with Crippen molar-refractivity contribution < 1.29 is 32.2 Å². The lowest BCUT2D eigenvalue weighted by molar-refractivity contribution is 0.0179. The van der Waals surface area contributed by atoms with Gasteiger partial charge in [-0.25, -0.2) is 22.7 Å². The van der Waals surface area contributed by atoms with Crippen LogP contribution in [0.4, 0.5) is 15.3 Å².